The second-order valence-corrected chi connectivity index (χ2v) is 4.24. The number of benzene rings is 1. The van der Waals surface area contributed by atoms with Crippen molar-refractivity contribution in [2.75, 3.05) is 6.61 Å². The highest BCUT2D eigenvalue weighted by Crippen LogP contribution is 2.21. The van der Waals surface area contributed by atoms with E-state index in [0.29, 0.717) is 24.7 Å². The zero-order chi connectivity index (χ0) is 13.9. The van der Waals surface area contributed by atoms with Crippen molar-refractivity contribution in [3.63, 3.8) is 0 Å². The van der Waals surface area contributed by atoms with Crippen molar-refractivity contribution < 1.29 is 9.53 Å². The Bertz CT molecular complexity index is 732. The summed E-state index contributed by atoms with van der Waals surface area (Å²) in [4.78, 5) is 12.1. The summed E-state index contributed by atoms with van der Waals surface area (Å²) in [7, 11) is 0. The number of rotatable bonds is 4. The minimum Gasteiger partial charge on any atom is -0.461 e. The molecule has 0 aliphatic carbocycles. The van der Waals surface area contributed by atoms with Crippen LogP contribution < -0.4 is 0 Å². The van der Waals surface area contributed by atoms with Gasteiger partial charge in [-0.25, -0.2) is 9.89 Å². The van der Waals surface area contributed by atoms with Crippen LogP contribution in [0.5, 0.6) is 0 Å². The van der Waals surface area contributed by atoms with E-state index in [-0.39, 0.29) is 5.97 Å². The van der Waals surface area contributed by atoms with Crippen molar-refractivity contribution in [2.24, 2.45) is 0 Å². The van der Waals surface area contributed by atoms with Gasteiger partial charge in [0.05, 0.1) is 13.2 Å². The molecule has 0 aliphatic rings. The first-order valence-corrected chi connectivity index (χ1v) is 6.27. The number of fused-ring (bicyclic) bond motifs is 1. The summed E-state index contributed by atoms with van der Waals surface area (Å²) in [5, 5.41) is 14.6. The molecular formula is C13H13N5O2. The molecule has 3 aromatic rings. The molecule has 7 nitrogen and oxygen atoms in total. The van der Waals surface area contributed by atoms with Gasteiger partial charge in [-0.3, -0.25) is 0 Å². The molecule has 0 atom stereocenters. The normalized spacial score (nSPS) is 10.8. The van der Waals surface area contributed by atoms with Crippen LogP contribution >= 0.6 is 0 Å². The molecule has 0 saturated carbocycles. The maximum absolute atomic E-state index is 12.1. The molecule has 3 rings (SSSR count). The van der Waals surface area contributed by atoms with Crippen LogP contribution in [0.25, 0.3) is 10.9 Å². The van der Waals surface area contributed by atoms with Gasteiger partial charge in [0, 0.05) is 10.9 Å². The Labute approximate surface area is 114 Å². The van der Waals surface area contributed by atoms with E-state index < -0.39 is 0 Å². The Morgan fingerprint density at radius 3 is 3.00 bits per heavy atom. The van der Waals surface area contributed by atoms with E-state index in [9.17, 15) is 4.79 Å². The van der Waals surface area contributed by atoms with Gasteiger partial charge in [0.2, 0.25) is 0 Å². The van der Waals surface area contributed by atoms with Crippen LogP contribution in [0.15, 0.2) is 30.3 Å². The predicted octanol–water partition coefficient (Wildman–Crippen LogP) is 1.38. The summed E-state index contributed by atoms with van der Waals surface area (Å²) >= 11 is 0. The molecule has 102 valence electrons. The number of nitrogens with zero attached hydrogens (tertiary/aromatic N) is 4. The van der Waals surface area contributed by atoms with Gasteiger partial charge in [0.1, 0.15) is 5.69 Å². The van der Waals surface area contributed by atoms with Gasteiger partial charge in [0.25, 0.3) is 0 Å². The first-order chi connectivity index (χ1) is 9.79. The molecule has 0 aliphatic heterocycles. The van der Waals surface area contributed by atoms with Crippen LogP contribution in [0.4, 0.5) is 0 Å². The SMILES string of the molecule is CCOC(=O)c1cc2ccccc2n1Cc1nnn[nH]1. The molecule has 1 N–H and O–H groups in total. The number of ether oxygens (including phenoxy) is 1. The van der Waals surface area contributed by atoms with E-state index >= 15 is 0 Å². The molecule has 0 fully saturated rings. The number of carbonyl (C=O) groups excluding carboxylic acids is 1. The van der Waals surface area contributed by atoms with Gasteiger partial charge >= 0.3 is 5.97 Å². The second-order valence-electron chi connectivity index (χ2n) is 4.24. The zero-order valence-electron chi connectivity index (χ0n) is 10.9. The van der Waals surface area contributed by atoms with Crippen LogP contribution in [0.2, 0.25) is 0 Å². The van der Waals surface area contributed by atoms with Crippen LogP contribution in [0.1, 0.15) is 23.2 Å². The molecule has 2 aromatic heterocycles. The van der Waals surface area contributed by atoms with Crippen molar-refractivity contribution in [2.45, 2.75) is 13.5 Å². The Balaban J connectivity index is 2.10. The minimum atomic E-state index is -0.351. The number of hydrogen-bond donors (Lipinski definition) is 1. The molecule has 0 saturated heterocycles. The largest absolute Gasteiger partial charge is 0.461 e. The number of hydrogen-bond acceptors (Lipinski definition) is 5. The average Bonchev–Trinajstić information content (AvgIpc) is 3.08. The van der Waals surface area contributed by atoms with E-state index in [0.717, 1.165) is 10.9 Å². The number of para-hydroxylation sites is 1. The highest BCUT2D eigenvalue weighted by Gasteiger charge is 2.17. The van der Waals surface area contributed by atoms with Gasteiger partial charge < -0.3 is 9.30 Å². The summed E-state index contributed by atoms with van der Waals surface area (Å²) in [6, 6.07) is 9.57. The first kappa shape index (κ1) is 12.3. The molecule has 0 radical (unpaired) electrons. The van der Waals surface area contributed by atoms with Gasteiger partial charge in [-0.15, -0.1) is 5.10 Å². The number of aromatic amines is 1. The Morgan fingerprint density at radius 2 is 2.25 bits per heavy atom. The van der Waals surface area contributed by atoms with E-state index in [1.165, 1.54) is 0 Å². The number of tetrazole rings is 1. The lowest BCUT2D eigenvalue weighted by atomic mass is 10.2. The lowest BCUT2D eigenvalue weighted by Gasteiger charge is -2.07. The highest BCUT2D eigenvalue weighted by atomic mass is 16.5. The van der Waals surface area contributed by atoms with E-state index in [2.05, 4.69) is 20.6 Å². The summed E-state index contributed by atoms with van der Waals surface area (Å²) < 4.78 is 6.94. The minimum absolute atomic E-state index is 0.338. The van der Waals surface area contributed by atoms with Crippen molar-refractivity contribution in [1.82, 2.24) is 25.2 Å². The fraction of sp³-hybridized carbons (Fsp3) is 0.231. The fourth-order valence-electron chi connectivity index (χ4n) is 2.15. The van der Waals surface area contributed by atoms with Gasteiger partial charge in [0.15, 0.2) is 5.82 Å². The standard InChI is InChI=1S/C13H13N5O2/c1-2-20-13(19)11-7-9-5-3-4-6-10(9)18(11)8-12-14-16-17-15-12/h3-7H,2,8H2,1H3,(H,14,15,16,17). The lowest BCUT2D eigenvalue weighted by Crippen LogP contribution is -2.13. The molecule has 0 spiro atoms. The molecule has 20 heavy (non-hydrogen) atoms. The molecule has 2 heterocycles. The molecule has 0 bridgehead atoms. The van der Waals surface area contributed by atoms with E-state index in [1.807, 2.05) is 34.9 Å². The maximum Gasteiger partial charge on any atom is 0.354 e. The van der Waals surface area contributed by atoms with E-state index in [4.69, 9.17) is 4.74 Å². The van der Waals surface area contributed by atoms with Crippen LogP contribution in [0.3, 0.4) is 0 Å². The zero-order valence-corrected chi connectivity index (χ0v) is 10.9. The van der Waals surface area contributed by atoms with Crippen molar-refractivity contribution >= 4 is 16.9 Å². The summed E-state index contributed by atoms with van der Waals surface area (Å²) in [5.41, 5.74) is 1.43. The average molecular weight is 271 g/mol. The fourth-order valence-corrected chi connectivity index (χ4v) is 2.15. The molecule has 1 aromatic carbocycles. The van der Waals surface area contributed by atoms with Crippen molar-refractivity contribution in [3.8, 4) is 0 Å². The van der Waals surface area contributed by atoms with Gasteiger partial charge in [-0.2, -0.15) is 0 Å². The van der Waals surface area contributed by atoms with Crippen LogP contribution in [-0.4, -0.2) is 37.8 Å². The molecule has 0 amide bonds. The van der Waals surface area contributed by atoms with E-state index in [1.54, 1.807) is 6.92 Å². The number of nitrogens with one attached hydrogen (secondary N) is 1. The monoisotopic (exact) mass is 271 g/mol. The topological polar surface area (TPSA) is 85.7 Å². The first-order valence-electron chi connectivity index (χ1n) is 6.27. The summed E-state index contributed by atoms with van der Waals surface area (Å²) in [6.45, 7) is 2.50. The predicted molar refractivity (Wildman–Crippen MR) is 71.2 cm³/mol. The molecule has 0 unspecified atom stereocenters. The molecular weight excluding hydrogens is 258 g/mol. The third-order valence-corrected chi connectivity index (χ3v) is 2.99. The third kappa shape index (κ3) is 2.13. The smallest absolute Gasteiger partial charge is 0.354 e. The number of H-pyrrole nitrogens is 1. The highest BCUT2D eigenvalue weighted by molar-refractivity contribution is 5.95. The van der Waals surface area contributed by atoms with Gasteiger partial charge in [-0.05, 0) is 29.5 Å². The maximum atomic E-state index is 12.1. The third-order valence-electron chi connectivity index (χ3n) is 2.99. The Kier molecular flexibility index (Phi) is 3.16. The van der Waals surface area contributed by atoms with Crippen molar-refractivity contribution in [3.05, 3.63) is 41.9 Å². The number of aromatic nitrogens is 5. The number of esters is 1. The molecule has 7 heteroatoms. The lowest BCUT2D eigenvalue weighted by molar-refractivity contribution is 0.0515. The van der Waals surface area contributed by atoms with Crippen molar-refractivity contribution in [1.29, 1.82) is 0 Å². The summed E-state index contributed by atoms with van der Waals surface area (Å²) in [5.74, 6) is 0.230. The van der Waals surface area contributed by atoms with Gasteiger partial charge in [-0.1, -0.05) is 18.2 Å². The van der Waals surface area contributed by atoms with Crippen LogP contribution in [-0.2, 0) is 11.3 Å². The summed E-state index contributed by atoms with van der Waals surface area (Å²) in [6.07, 6.45) is 0. The van der Waals surface area contributed by atoms with Crippen LogP contribution in [0, 0.1) is 0 Å². The second kappa shape index (κ2) is 5.12. The Hall–Kier alpha value is -2.70. The number of carbonyl (C=O) groups is 1. The quantitative estimate of drug-likeness (QED) is 0.724. The Morgan fingerprint density at radius 1 is 1.40 bits per heavy atom.